The van der Waals surface area contributed by atoms with Crippen LogP contribution >= 0.6 is 0 Å². The summed E-state index contributed by atoms with van der Waals surface area (Å²) in [6, 6.07) is 6.15. The van der Waals surface area contributed by atoms with Gasteiger partial charge >= 0.3 is 0 Å². The van der Waals surface area contributed by atoms with Crippen molar-refractivity contribution >= 4 is 5.69 Å². The number of fused-ring (bicyclic) bond motifs is 1. The SMILES string of the molecule is OCc1cccc2c1NCCCC2. The minimum absolute atomic E-state index is 0.135. The van der Waals surface area contributed by atoms with Gasteiger partial charge in [0.2, 0.25) is 0 Å². The quantitative estimate of drug-likeness (QED) is 0.687. The van der Waals surface area contributed by atoms with Crippen LogP contribution in [0.4, 0.5) is 5.69 Å². The third kappa shape index (κ3) is 1.68. The summed E-state index contributed by atoms with van der Waals surface area (Å²) >= 11 is 0. The van der Waals surface area contributed by atoms with Gasteiger partial charge < -0.3 is 10.4 Å². The van der Waals surface area contributed by atoms with E-state index >= 15 is 0 Å². The second-order valence-corrected chi connectivity index (χ2v) is 3.49. The predicted molar refractivity (Wildman–Crippen MR) is 53.8 cm³/mol. The standard InChI is InChI=1S/C11H15NO/c13-8-10-6-3-5-9-4-1-2-7-12-11(9)10/h3,5-6,12-13H,1-2,4,7-8H2. The summed E-state index contributed by atoms with van der Waals surface area (Å²) < 4.78 is 0. The fraction of sp³-hybridized carbons (Fsp3) is 0.455. The molecule has 1 aliphatic heterocycles. The van der Waals surface area contributed by atoms with Crippen LogP contribution in [0.2, 0.25) is 0 Å². The van der Waals surface area contributed by atoms with E-state index < -0.39 is 0 Å². The zero-order valence-corrected chi connectivity index (χ0v) is 7.71. The molecule has 0 saturated heterocycles. The lowest BCUT2D eigenvalue weighted by Crippen LogP contribution is -2.03. The van der Waals surface area contributed by atoms with Crippen molar-refractivity contribution in [2.75, 3.05) is 11.9 Å². The summed E-state index contributed by atoms with van der Waals surface area (Å²) in [6.07, 6.45) is 3.60. The normalized spacial score (nSPS) is 15.8. The highest BCUT2D eigenvalue weighted by atomic mass is 16.3. The number of aryl methyl sites for hydroxylation is 1. The molecule has 1 aromatic rings. The van der Waals surface area contributed by atoms with Gasteiger partial charge in [-0.3, -0.25) is 0 Å². The average molecular weight is 177 g/mol. The maximum absolute atomic E-state index is 9.15. The molecule has 0 saturated carbocycles. The van der Waals surface area contributed by atoms with E-state index in [-0.39, 0.29) is 6.61 Å². The van der Waals surface area contributed by atoms with Crippen molar-refractivity contribution in [1.82, 2.24) is 0 Å². The molecule has 0 spiro atoms. The van der Waals surface area contributed by atoms with Crippen LogP contribution in [0.15, 0.2) is 18.2 Å². The van der Waals surface area contributed by atoms with Gasteiger partial charge in [-0.05, 0) is 24.8 Å². The van der Waals surface area contributed by atoms with Gasteiger partial charge in [-0.25, -0.2) is 0 Å². The van der Waals surface area contributed by atoms with Gasteiger partial charge in [-0.1, -0.05) is 18.2 Å². The molecule has 0 unspecified atom stereocenters. The number of rotatable bonds is 1. The summed E-state index contributed by atoms with van der Waals surface area (Å²) in [6.45, 7) is 1.17. The first-order valence-electron chi connectivity index (χ1n) is 4.87. The highest BCUT2D eigenvalue weighted by Crippen LogP contribution is 2.25. The van der Waals surface area contributed by atoms with E-state index in [0.29, 0.717) is 0 Å². The van der Waals surface area contributed by atoms with Crippen LogP contribution in [0, 0.1) is 0 Å². The van der Waals surface area contributed by atoms with Gasteiger partial charge in [-0.2, -0.15) is 0 Å². The summed E-state index contributed by atoms with van der Waals surface area (Å²) in [5.41, 5.74) is 3.55. The third-order valence-electron chi connectivity index (χ3n) is 2.58. The Labute approximate surface area is 78.6 Å². The topological polar surface area (TPSA) is 32.3 Å². The Bertz CT molecular complexity index is 296. The first kappa shape index (κ1) is 8.57. The lowest BCUT2D eigenvalue weighted by Gasteiger charge is -2.11. The lowest BCUT2D eigenvalue weighted by molar-refractivity contribution is 0.282. The largest absolute Gasteiger partial charge is 0.392 e. The van der Waals surface area contributed by atoms with Crippen molar-refractivity contribution in [3.8, 4) is 0 Å². The van der Waals surface area contributed by atoms with Crippen LogP contribution in [-0.2, 0) is 13.0 Å². The highest BCUT2D eigenvalue weighted by molar-refractivity contribution is 5.58. The van der Waals surface area contributed by atoms with Crippen LogP contribution in [0.3, 0.4) is 0 Å². The number of nitrogens with one attached hydrogen (secondary N) is 1. The van der Waals surface area contributed by atoms with E-state index in [4.69, 9.17) is 5.11 Å². The first-order chi connectivity index (χ1) is 6.42. The molecule has 0 bridgehead atoms. The van der Waals surface area contributed by atoms with Crippen LogP contribution in [-0.4, -0.2) is 11.7 Å². The second-order valence-electron chi connectivity index (χ2n) is 3.49. The van der Waals surface area contributed by atoms with Gasteiger partial charge in [0.05, 0.1) is 6.61 Å². The lowest BCUT2D eigenvalue weighted by atomic mass is 10.0. The molecule has 2 rings (SSSR count). The fourth-order valence-electron chi connectivity index (χ4n) is 1.87. The minimum Gasteiger partial charge on any atom is -0.392 e. The summed E-state index contributed by atoms with van der Waals surface area (Å²) in [5.74, 6) is 0. The predicted octanol–water partition coefficient (Wildman–Crippen LogP) is 1.93. The van der Waals surface area contributed by atoms with Gasteiger partial charge in [0.25, 0.3) is 0 Å². The maximum Gasteiger partial charge on any atom is 0.0702 e. The van der Waals surface area contributed by atoms with Crippen molar-refractivity contribution in [2.24, 2.45) is 0 Å². The number of hydrogen-bond acceptors (Lipinski definition) is 2. The zero-order valence-electron chi connectivity index (χ0n) is 7.71. The highest BCUT2D eigenvalue weighted by Gasteiger charge is 2.09. The molecule has 0 aromatic heterocycles. The molecule has 1 aliphatic rings. The molecule has 2 heteroatoms. The van der Waals surface area contributed by atoms with E-state index in [1.807, 2.05) is 12.1 Å². The number of para-hydroxylation sites is 1. The van der Waals surface area contributed by atoms with E-state index in [1.165, 1.54) is 24.1 Å². The van der Waals surface area contributed by atoms with Gasteiger partial charge in [0, 0.05) is 17.8 Å². The van der Waals surface area contributed by atoms with Crippen molar-refractivity contribution in [3.05, 3.63) is 29.3 Å². The molecule has 1 heterocycles. The number of anilines is 1. The smallest absolute Gasteiger partial charge is 0.0702 e. The Kier molecular flexibility index (Phi) is 2.50. The molecule has 2 N–H and O–H groups in total. The van der Waals surface area contributed by atoms with Crippen molar-refractivity contribution in [3.63, 3.8) is 0 Å². The van der Waals surface area contributed by atoms with Gasteiger partial charge in [0.1, 0.15) is 0 Å². The molecule has 1 aromatic carbocycles. The fourth-order valence-corrected chi connectivity index (χ4v) is 1.87. The van der Waals surface area contributed by atoms with Crippen LogP contribution in [0.5, 0.6) is 0 Å². The molecule has 2 nitrogen and oxygen atoms in total. The number of aliphatic hydroxyl groups excluding tert-OH is 1. The summed E-state index contributed by atoms with van der Waals surface area (Å²) in [4.78, 5) is 0. The zero-order chi connectivity index (χ0) is 9.10. The Morgan fingerprint density at radius 1 is 1.31 bits per heavy atom. The molecular weight excluding hydrogens is 162 g/mol. The monoisotopic (exact) mass is 177 g/mol. The first-order valence-corrected chi connectivity index (χ1v) is 4.87. The van der Waals surface area contributed by atoms with Gasteiger partial charge in [0.15, 0.2) is 0 Å². The minimum atomic E-state index is 0.135. The van der Waals surface area contributed by atoms with Crippen molar-refractivity contribution < 1.29 is 5.11 Å². The van der Waals surface area contributed by atoms with E-state index in [2.05, 4.69) is 11.4 Å². The maximum atomic E-state index is 9.15. The number of aliphatic hydroxyl groups is 1. The van der Waals surface area contributed by atoms with Crippen LogP contribution in [0.1, 0.15) is 24.0 Å². The van der Waals surface area contributed by atoms with Crippen LogP contribution < -0.4 is 5.32 Å². The second kappa shape index (κ2) is 3.79. The third-order valence-corrected chi connectivity index (χ3v) is 2.58. The molecular formula is C11H15NO. The molecule has 0 aliphatic carbocycles. The Morgan fingerprint density at radius 2 is 2.23 bits per heavy atom. The Morgan fingerprint density at radius 3 is 3.08 bits per heavy atom. The number of hydrogen-bond donors (Lipinski definition) is 2. The van der Waals surface area contributed by atoms with E-state index in [0.717, 1.165) is 18.5 Å². The molecule has 0 fully saturated rings. The average Bonchev–Trinajstić information content (AvgIpc) is 2.41. The van der Waals surface area contributed by atoms with Crippen molar-refractivity contribution in [2.45, 2.75) is 25.9 Å². The van der Waals surface area contributed by atoms with Crippen LogP contribution in [0.25, 0.3) is 0 Å². The van der Waals surface area contributed by atoms with E-state index in [9.17, 15) is 0 Å². The van der Waals surface area contributed by atoms with E-state index in [1.54, 1.807) is 0 Å². The summed E-state index contributed by atoms with van der Waals surface area (Å²) in [7, 11) is 0. The van der Waals surface area contributed by atoms with Gasteiger partial charge in [-0.15, -0.1) is 0 Å². The molecule has 0 atom stereocenters. The number of benzene rings is 1. The molecule has 70 valence electrons. The molecule has 0 amide bonds. The Balaban J connectivity index is 2.40. The van der Waals surface area contributed by atoms with Crippen molar-refractivity contribution in [1.29, 1.82) is 0 Å². The molecule has 13 heavy (non-hydrogen) atoms. The molecule has 0 radical (unpaired) electrons. The Hall–Kier alpha value is -1.02. The summed E-state index contributed by atoms with van der Waals surface area (Å²) in [5, 5.41) is 12.5.